The number of halogens is 2. The Kier molecular flexibility index (Phi) is 3.31. The number of benzene rings is 2. The van der Waals surface area contributed by atoms with E-state index < -0.39 is 17.4 Å². The highest BCUT2D eigenvalue weighted by Crippen LogP contribution is 2.28. The minimum Gasteiger partial charge on any atom is -0.355 e. The van der Waals surface area contributed by atoms with E-state index in [4.69, 9.17) is 11.6 Å². The van der Waals surface area contributed by atoms with Gasteiger partial charge in [0.25, 0.3) is 0 Å². The second-order valence-electron chi connectivity index (χ2n) is 4.55. The third-order valence-electron chi connectivity index (χ3n) is 3.16. The van der Waals surface area contributed by atoms with Gasteiger partial charge in [-0.05, 0) is 18.2 Å². The number of hydrogen-bond donors (Lipinski definition) is 1. The van der Waals surface area contributed by atoms with E-state index in [0.717, 1.165) is 0 Å². The molecule has 0 bridgehead atoms. The summed E-state index contributed by atoms with van der Waals surface area (Å²) in [5, 5.41) is 2.97. The summed E-state index contributed by atoms with van der Waals surface area (Å²) < 4.78 is 13.2. The van der Waals surface area contributed by atoms with Crippen LogP contribution in [0.15, 0.2) is 48.5 Å². The zero-order chi connectivity index (χ0) is 15.0. The third-order valence-corrected chi connectivity index (χ3v) is 3.45. The molecule has 3 nitrogen and oxygen atoms in total. The highest BCUT2D eigenvalue weighted by atomic mass is 35.5. The standard InChI is InChI=1S/C16H9ClFNO2/c17-12-7-9(5-6-13(12)18)19-14-8-15(20)16(21)11-4-2-1-3-10(11)14/h1-8,19H. The quantitative estimate of drug-likeness (QED) is 0.860. The van der Waals surface area contributed by atoms with Crippen LogP contribution in [0, 0.1) is 5.82 Å². The highest BCUT2D eigenvalue weighted by molar-refractivity contribution is 6.50. The molecule has 5 heteroatoms. The normalized spacial score (nSPS) is 13.7. The molecule has 0 saturated carbocycles. The molecular weight excluding hydrogens is 293 g/mol. The van der Waals surface area contributed by atoms with Crippen molar-refractivity contribution in [3.8, 4) is 0 Å². The van der Waals surface area contributed by atoms with Crippen LogP contribution in [0.25, 0.3) is 5.70 Å². The number of ketones is 2. The minimum absolute atomic E-state index is 0.0212. The van der Waals surface area contributed by atoms with Gasteiger partial charge in [-0.15, -0.1) is 0 Å². The number of allylic oxidation sites excluding steroid dienone is 1. The Morgan fingerprint density at radius 3 is 2.43 bits per heavy atom. The zero-order valence-electron chi connectivity index (χ0n) is 10.7. The first-order chi connectivity index (χ1) is 10.1. The Labute approximate surface area is 125 Å². The van der Waals surface area contributed by atoms with Gasteiger partial charge >= 0.3 is 0 Å². The number of anilines is 1. The second kappa shape index (κ2) is 5.14. The van der Waals surface area contributed by atoms with Crippen LogP contribution in [0.4, 0.5) is 10.1 Å². The maximum Gasteiger partial charge on any atom is 0.233 e. The molecule has 2 aromatic rings. The van der Waals surface area contributed by atoms with E-state index in [9.17, 15) is 14.0 Å². The van der Waals surface area contributed by atoms with Gasteiger partial charge in [-0.3, -0.25) is 9.59 Å². The molecule has 2 aromatic carbocycles. The van der Waals surface area contributed by atoms with E-state index in [1.54, 1.807) is 24.3 Å². The molecule has 1 N–H and O–H groups in total. The minimum atomic E-state index is -0.593. The maximum atomic E-state index is 13.2. The van der Waals surface area contributed by atoms with Crippen molar-refractivity contribution in [2.75, 3.05) is 5.32 Å². The van der Waals surface area contributed by atoms with Gasteiger partial charge in [0.2, 0.25) is 11.6 Å². The molecule has 0 saturated heterocycles. The summed E-state index contributed by atoms with van der Waals surface area (Å²) in [6, 6.07) is 11.0. The molecule has 21 heavy (non-hydrogen) atoms. The van der Waals surface area contributed by atoms with Crippen LogP contribution >= 0.6 is 11.6 Å². The average Bonchev–Trinajstić information content (AvgIpc) is 2.48. The van der Waals surface area contributed by atoms with Crippen LogP contribution < -0.4 is 5.32 Å². The number of carbonyl (C=O) groups excluding carboxylic acids is 2. The van der Waals surface area contributed by atoms with Crippen molar-refractivity contribution >= 4 is 34.6 Å². The van der Waals surface area contributed by atoms with Crippen molar-refractivity contribution < 1.29 is 14.0 Å². The monoisotopic (exact) mass is 301 g/mol. The van der Waals surface area contributed by atoms with E-state index >= 15 is 0 Å². The molecule has 3 rings (SSSR count). The Morgan fingerprint density at radius 2 is 1.71 bits per heavy atom. The molecule has 0 aromatic heterocycles. The van der Waals surface area contributed by atoms with Crippen molar-refractivity contribution in [2.24, 2.45) is 0 Å². The number of Topliss-reactive ketones (excluding diaryl/α,β-unsaturated/α-hetero) is 1. The topological polar surface area (TPSA) is 46.2 Å². The lowest BCUT2D eigenvalue weighted by Gasteiger charge is -2.18. The summed E-state index contributed by atoms with van der Waals surface area (Å²) >= 11 is 5.73. The van der Waals surface area contributed by atoms with Crippen LogP contribution in [0.3, 0.4) is 0 Å². The predicted molar refractivity (Wildman–Crippen MR) is 78.8 cm³/mol. The molecule has 0 unspecified atom stereocenters. The fraction of sp³-hybridized carbons (Fsp3) is 0. The van der Waals surface area contributed by atoms with E-state index in [1.165, 1.54) is 24.3 Å². The number of hydrogen-bond acceptors (Lipinski definition) is 3. The van der Waals surface area contributed by atoms with Gasteiger partial charge in [-0.1, -0.05) is 35.9 Å². The second-order valence-corrected chi connectivity index (χ2v) is 4.96. The molecule has 104 valence electrons. The van der Waals surface area contributed by atoms with Crippen molar-refractivity contribution in [2.45, 2.75) is 0 Å². The maximum absolute atomic E-state index is 13.2. The Hall–Kier alpha value is -2.46. The number of nitrogens with one attached hydrogen (secondary N) is 1. The first-order valence-electron chi connectivity index (χ1n) is 6.18. The lowest BCUT2D eigenvalue weighted by Crippen LogP contribution is -2.20. The van der Waals surface area contributed by atoms with Gasteiger partial charge in [0, 0.05) is 22.9 Å². The molecule has 0 heterocycles. The van der Waals surface area contributed by atoms with Gasteiger partial charge in [-0.25, -0.2) is 4.39 Å². The summed E-state index contributed by atoms with van der Waals surface area (Å²) in [5.41, 5.74) is 1.99. The molecular formula is C16H9ClFNO2. The van der Waals surface area contributed by atoms with Gasteiger partial charge in [0.1, 0.15) is 5.82 Å². The van der Waals surface area contributed by atoms with Gasteiger partial charge in [-0.2, -0.15) is 0 Å². The fourth-order valence-electron chi connectivity index (χ4n) is 2.16. The summed E-state index contributed by atoms with van der Waals surface area (Å²) in [4.78, 5) is 23.5. The summed E-state index contributed by atoms with van der Waals surface area (Å²) in [5.74, 6) is -1.65. The SMILES string of the molecule is O=C1C=C(Nc2ccc(F)c(Cl)c2)c2ccccc2C1=O. The van der Waals surface area contributed by atoms with Crippen LogP contribution in [-0.2, 0) is 4.79 Å². The summed E-state index contributed by atoms with van der Waals surface area (Å²) in [7, 11) is 0. The molecule has 1 aliphatic rings. The largest absolute Gasteiger partial charge is 0.355 e. The van der Waals surface area contributed by atoms with E-state index in [1.807, 2.05) is 0 Å². The zero-order valence-corrected chi connectivity index (χ0v) is 11.4. The van der Waals surface area contributed by atoms with Crippen LogP contribution in [0.5, 0.6) is 0 Å². The molecule has 0 aliphatic heterocycles. The van der Waals surface area contributed by atoms with Gasteiger partial charge in [0.15, 0.2) is 0 Å². The number of fused-ring (bicyclic) bond motifs is 1. The molecule has 0 amide bonds. The van der Waals surface area contributed by atoms with Crippen LogP contribution in [0.2, 0.25) is 5.02 Å². The predicted octanol–water partition coefficient (Wildman–Crippen LogP) is 3.70. The van der Waals surface area contributed by atoms with E-state index in [0.29, 0.717) is 22.5 Å². The van der Waals surface area contributed by atoms with Crippen molar-refractivity contribution in [3.63, 3.8) is 0 Å². The molecule has 0 fully saturated rings. The lowest BCUT2D eigenvalue weighted by molar-refractivity contribution is -0.111. The Balaban J connectivity index is 2.02. The summed E-state index contributed by atoms with van der Waals surface area (Å²) in [6.45, 7) is 0. The van der Waals surface area contributed by atoms with E-state index in [-0.39, 0.29) is 5.02 Å². The van der Waals surface area contributed by atoms with Gasteiger partial charge in [0.05, 0.1) is 10.7 Å². The Morgan fingerprint density at radius 1 is 1.00 bits per heavy atom. The van der Waals surface area contributed by atoms with Crippen LogP contribution in [-0.4, -0.2) is 11.6 Å². The van der Waals surface area contributed by atoms with Crippen molar-refractivity contribution in [1.82, 2.24) is 0 Å². The first-order valence-corrected chi connectivity index (χ1v) is 6.56. The van der Waals surface area contributed by atoms with Crippen LogP contribution in [0.1, 0.15) is 15.9 Å². The number of rotatable bonds is 2. The third kappa shape index (κ3) is 2.45. The smallest absolute Gasteiger partial charge is 0.233 e. The fourth-order valence-corrected chi connectivity index (χ4v) is 2.34. The average molecular weight is 302 g/mol. The molecule has 0 radical (unpaired) electrons. The van der Waals surface area contributed by atoms with Crippen molar-refractivity contribution in [3.05, 3.63) is 70.5 Å². The first kappa shape index (κ1) is 13.5. The summed E-state index contributed by atoms with van der Waals surface area (Å²) in [6.07, 6.45) is 1.24. The molecule has 0 spiro atoms. The molecule has 0 atom stereocenters. The Bertz CT molecular complexity index is 799. The lowest BCUT2D eigenvalue weighted by atomic mass is 9.92. The van der Waals surface area contributed by atoms with Crippen molar-refractivity contribution in [1.29, 1.82) is 0 Å². The van der Waals surface area contributed by atoms with Gasteiger partial charge < -0.3 is 5.32 Å². The number of carbonyl (C=O) groups is 2. The highest BCUT2D eigenvalue weighted by Gasteiger charge is 2.25. The molecule has 1 aliphatic carbocycles. The van der Waals surface area contributed by atoms with E-state index in [2.05, 4.69) is 5.32 Å².